The van der Waals surface area contributed by atoms with Crippen LogP contribution in [0.3, 0.4) is 0 Å². The van der Waals surface area contributed by atoms with Gasteiger partial charge in [0.1, 0.15) is 5.76 Å². The third-order valence-corrected chi connectivity index (χ3v) is 2.00. The van der Waals surface area contributed by atoms with Crippen molar-refractivity contribution in [3.05, 3.63) is 41.5 Å². The van der Waals surface area contributed by atoms with E-state index in [2.05, 4.69) is 6.58 Å². The predicted molar refractivity (Wildman–Crippen MR) is 47.9 cm³/mol. The first kappa shape index (κ1) is 8.50. The summed E-state index contributed by atoms with van der Waals surface area (Å²) in [6.07, 6.45) is 0. The van der Waals surface area contributed by atoms with Crippen LogP contribution in [0.25, 0.3) is 5.76 Å². The molecule has 1 aromatic carbocycles. The predicted octanol–water partition coefficient (Wildman–Crippen LogP) is 1.53. The molecule has 1 heterocycles. The Morgan fingerprint density at radius 3 is 2.71 bits per heavy atom. The van der Waals surface area contributed by atoms with Gasteiger partial charge >= 0.3 is 11.9 Å². The van der Waals surface area contributed by atoms with Gasteiger partial charge in [-0.3, -0.25) is 0 Å². The van der Waals surface area contributed by atoms with Gasteiger partial charge in [-0.15, -0.1) is 0 Å². The Bertz CT molecular complexity index is 459. The highest BCUT2D eigenvalue weighted by Gasteiger charge is 2.25. The van der Waals surface area contributed by atoms with Crippen LogP contribution in [0.15, 0.2) is 24.8 Å². The minimum Gasteiger partial charge on any atom is -0.478 e. The number of fused-ring (bicyclic) bond motifs is 1. The van der Waals surface area contributed by atoms with Crippen molar-refractivity contribution in [2.45, 2.75) is 0 Å². The lowest BCUT2D eigenvalue weighted by Gasteiger charge is -1.96. The van der Waals surface area contributed by atoms with Gasteiger partial charge in [-0.25, -0.2) is 9.59 Å². The first-order valence-electron chi connectivity index (χ1n) is 3.88. The SMILES string of the molecule is C=C1OC(=O)c2cc(C(=O)O)ccc21. The average Bonchev–Trinajstić information content (AvgIpc) is 2.42. The third-order valence-electron chi connectivity index (χ3n) is 2.00. The summed E-state index contributed by atoms with van der Waals surface area (Å²) in [5.74, 6) is -1.35. The molecule has 0 unspecified atom stereocenters. The Balaban J connectivity index is 2.61. The number of carbonyl (C=O) groups is 2. The van der Waals surface area contributed by atoms with Gasteiger partial charge < -0.3 is 9.84 Å². The number of carbonyl (C=O) groups excluding carboxylic acids is 1. The molecule has 1 aromatic rings. The maximum Gasteiger partial charge on any atom is 0.344 e. The van der Waals surface area contributed by atoms with Gasteiger partial charge in [0.05, 0.1) is 11.1 Å². The van der Waals surface area contributed by atoms with Crippen molar-refractivity contribution in [1.82, 2.24) is 0 Å². The number of esters is 1. The molecule has 1 aliphatic rings. The van der Waals surface area contributed by atoms with Crippen molar-refractivity contribution in [3.8, 4) is 0 Å². The zero-order chi connectivity index (χ0) is 10.3. The topological polar surface area (TPSA) is 63.6 Å². The summed E-state index contributed by atoms with van der Waals surface area (Å²) >= 11 is 0. The molecule has 1 aliphatic heterocycles. The number of carboxylic acids is 1. The second kappa shape index (κ2) is 2.70. The highest BCUT2D eigenvalue weighted by Crippen LogP contribution is 2.28. The molecule has 0 saturated heterocycles. The Morgan fingerprint density at radius 1 is 1.36 bits per heavy atom. The zero-order valence-electron chi connectivity index (χ0n) is 7.11. The average molecular weight is 190 g/mol. The number of carboxylic acid groups (broad SMARTS) is 1. The van der Waals surface area contributed by atoms with Crippen LogP contribution in [0.4, 0.5) is 0 Å². The summed E-state index contributed by atoms with van der Waals surface area (Å²) in [6.45, 7) is 3.53. The van der Waals surface area contributed by atoms with E-state index in [1.54, 1.807) is 0 Å². The molecular formula is C10H6O4. The lowest BCUT2D eigenvalue weighted by molar-refractivity contribution is 0.0696. The highest BCUT2D eigenvalue weighted by molar-refractivity contribution is 6.04. The van der Waals surface area contributed by atoms with E-state index in [1.165, 1.54) is 18.2 Å². The van der Waals surface area contributed by atoms with E-state index in [0.29, 0.717) is 5.56 Å². The summed E-state index contributed by atoms with van der Waals surface area (Å²) in [5, 5.41) is 8.69. The van der Waals surface area contributed by atoms with E-state index in [-0.39, 0.29) is 16.9 Å². The first-order valence-corrected chi connectivity index (χ1v) is 3.88. The van der Waals surface area contributed by atoms with Crippen molar-refractivity contribution in [2.24, 2.45) is 0 Å². The summed E-state index contributed by atoms with van der Waals surface area (Å²) in [7, 11) is 0. The van der Waals surface area contributed by atoms with E-state index >= 15 is 0 Å². The van der Waals surface area contributed by atoms with Gasteiger partial charge in [-0.05, 0) is 18.2 Å². The van der Waals surface area contributed by atoms with E-state index in [4.69, 9.17) is 9.84 Å². The van der Waals surface area contributed by atoms with Gasteiger partial charge in [-0.2, -0.15) is 0 Å². The van der Waals surface area contributed by atoms with E-state index < -0.39 is 11.9 Å². The minimum absolute atomic E-state index is 0.0652. The Labute approximate surface area is 79.4 Å². The number of aromatic carboxylic acids is 1. The Morgan fingerprint density at radius 2 is 2.07 bits per heavy atom. The summed E-state index contributed by atoms with van der Waals surface area (Å²) in [4.78, 5) is 21.8. The quantitative estimate of drug-likeness (QED) is 0.682. The third kappa shape index (κ3) is 1.08. The standard InChI is InChI=1S/C10H6O4/c1-5-7-3-2-6(9(11)12)4-8(7)10(13)14-5/h2-4H,1H2,(H,11,12). The van der Waals surface area contributed by atoms with E-state index in [9.17, 15) is 9.59 Å². The summed E-state index contributed by atoms with van der Waals surface area (Å²) < 4.78 is 4.74. The molecule has 0 bridgehead atoms. The molecular weight excluding hydrogens is 184 g/mol. The number of ether oxygens (including phenoxy) is 1. The highest BCUT2D eigenvalue weighted by atomic mass is 16.5. The normalized spacial score (nSPS) is 13.7. The number of hydrogen-bond acceptors (Lipinski definition) is 3. The number of benzene rings is 1. The van der Waals surface area contributed by atoms with Gasteiger partial charge in [0.25, 0.3) is 0 Å². The van der Waals surface area contributed by atoms with Gasteiger partial charge in [0.2, 0.25) is 0 Å². The van der Waals surface area contributed by atoms with Crippen LogP contribution in [0.5, 0.6) is 0 Å². The van der Waals surface area contributed by atoms with Crippen molar-refractivity contribution < 1.29 is 19.4 Å². The van der Waals surface area contributed by atoms with Crippen LogP contribution in [0.1, 0.15) is 26.3 Å². The van der Waals surface area contributed by atoms with Crippen LogP contribution < -0.4 is 0 Å². The van der Waals surface area contributed by atoms with E-state index in [1.807, 2.05) is 0 Å². The maximum atomic E-state index is 11.2. The summed E-state index contributed by atoms with van der Waals surface area (Å²) in [6, 6.07) is 4.22. The molecule has 0 fully saturated rings. The maximum absolute atomic E-state index is 11.2. The lowest BCUT2D eigenvalue weighted by Crippen LogP contribution is -2.00. The van der Waals surface area contributed by atoms with Gasteiger partial charge in [0, 0.05) is 5.56 Å². The number of rotatable bonds is 1. The molecule has 0 aromatic heterocycles. The largest absolute Gasteiger partial charge is 0.478 e. The van der Waals surface area contributed by atoms with Gasteiger partial charge in [-0.1, -0.05) is 6.58 Å². The fourth-order valence-electron chi connectivity index (χ4n) is 1.31. The van der Waals surface area contributed by atoms with Crippen LogP contribution in [-0.4, -0.2) is 17.0 Å². The van der Waals surface area contributed by atoms with Crippen LogP contribution in [-0.2, 0) is 4.74 Å². The minimum atomic E-state index is -1.07. The Hall–Kier alpha value is -2.10. The molecule has 0 amide bonds. The second-order valence-corrected chi connectivity index (χ2v) is 2.88. The number of cyclic esters (lactones) is 1. The van der Waals surface area contributed by atoms with Crippen molar-refractivity contribution in [1.29, 1.82) is 0 Å². The van der Waals surface area contributed by atoms with Crippen LogP contribution in [0.2, 0.25) is 0 Å². The number of hydrogen-bond donors (Lipinski definition) is 1. The monoisotopic (exact) mass is 190 g/mol. The molecule has 0 radical (unpaired) electrons. The van der Waals surface area contributed by atoms with Crippen LogP contribution >= 0.6 is 0 Å². The molecule has 14 heavy (non-hydrogen) atoms. The molecule has 4 nitrogen and oxygen atoms in total. The fourth-order valence-corrected chi connectivity index (χ4v) is 1.31. The summed E-state index contributed by atoms with van der Waals surface area (Å²) in [5.41, 5.74) is 0.880. The van der Waals surface area contributed by atoms with Crippen molar-refractivity contribution in [2.75, 3.05) is 0 Å². The van der Waals surface area contributed by atoms with Crippen LogP contribution in [0, 0.1) is 0 Å². The molecule has 0 aliphatic carbocycles. The molecule has 0 saturated carbocycles. The van der Waals surface area contributed by atoms with E-state index in [0.717, 1.165) is 0 Å². The molecule has 1 N–H and O–H groups in total. The zero-order valence-corrected chi connectivity index (χ0v) is 7.11. The molecule has 0 atom stereocenters. The lowest BCUT2D eigenvalue weighted by atomic mass is 10.1. The molecule has 2 rings (SSSR count). The molecule has 0 spiro atoms. The Kier molecular flexibility index (Phi) is 1.64. The first-order chi connectivity index (χ1) is 6.59. The molecule has 4 heteroatoms. The fraction of sp³-hybridized carbons (Fsp3) is 0. The van der Waals surface area contributed by atoms with Gasteiger partial charge in [0.15, 0.2) is 0 Å². The molecule has 70 valence electrons. The smallest absolute Gasteiger partial charge is 0.344 e. The van der Waals surface area contributed by atoms with Crippen molar-refractivity contribution >= 4 is 17.7 Å². The second-order valence-electron chi connectivity index (χ2n) is 2.88. The van der Waals surface area contributed by atoms with Crippen molar-refractivity contribution in [3.63, 3.8) is 0 Å².